The highest BCUT2D eigenvalue weighted by Gasteiger charge is 2.56. The number of fused-ring (bicyclic) bond motifs is 2. The zero-order valence-electron chi connectivity index (χ0n) is 12.7. The number of ether oxygens (including phenoxy) is 1. The quantitative estimate of drug-likeness (QED) is 0.925. The van der Waals surface area contributed by atoms with Gasteiger partial charge < -0.3 is 9.84 Å². The van der Waals surface area contributed by atoms with Crippen LogP contribution in [0.15, 0.2) is 30.3 Å². The van der Waals surface area contributed by atoms with Crippen molar-refractivity contribution < 1.29 is 14.6 Å². The van der Waals surface area contributed by atoms with Crippen LogP contribution < -0.4 is 0 Å². The fourth-order valence-electron chi connectivity index (χ4n) is 4.07. The third-order valence-corrected chi connectivity index (χ3v) is 5.46. The second kappa shape index (κ2) is 5.43. The van der Waals surface area contributed by atoms with Crippen molar-refractivity contribution in [2.75, 3.05) is 7.05 Å². The van der Waals surface area contributed by atoms with Crippen LogP contribution in [-0.2, 0) is 16.1 Å². The van der Waals surface area contributed by atoms with Gasteiger partial charge in [-0.1, -0.05) is 30.3 Å². The SMILES string of the molecule is CN1[C@H]2CC[C@]1(C)[C@@H](C(=O)O)[C@@H](OCc1ccccc1)C2. The van der Waals surface area contributed by atoms with Crippen molar-refractivity contribution in [1.29, 1.82) is 0 Å². The Morgan fingerprint density at radius 3 is 2.81 bits per heavy atom. The Morgan fingerprint density at radius 2 is 2.14 bits per heavy atom. The first-order valence-electron chi connectivity index (χ1n) is 7.63. The molecule has 4 atom stereocenters. The number of piperidine rings is 1. The van der Waals surface area contributed by atoms with Crippen LogP contribution in [-0.4, -0.2) is 40.7 Å². The molecule has 0 aliphatic carbocycles. The second-order valence-electron chi connectivity index (χ2n) is 6.55. The van der Waals surface area contributed by atoms with E-state index in [2.05, 4.69) is 18.9 Å². The zero-order chi connectivity index (χ0) is 15.0. The molecule has 2 fully saturated rings. The van der Waals surface area contributed by atoms with Crippen LogP contribution in [0.2, 0.25) is 0 Å². The Bertz CT molecular complexity index is 518. The molecule has 1 N–H and O–H groups in total. The van der Waals surface area contributed by atoms with Gasteiger partial charge >= 0.3 is 5.97 Å². The molecule has 4 heteroatoms. The molecule has 0 saturated carbocycles. The molecule has 0 amide bonds. The summed E-state index contributed by atoms with van der Waals surface area (Å²) in [5.41, 5.74) is 0.814. The lowest BCUT2D eigenvalue weighted by atomic mass is 9.77. The van der Waals surface area contributed by atoms with Gasteiger partial charge in [0.15, 0.2) is 0 Å². The third-order valence-electron chi connectivity index (χ3n) is 5.46. The molecule has 2 bridgehead atoms. The van der Waals surface area contributed by atoms with Crippen LogP contribution in [0.4, 0.5) is 0 Å². The van der Waals surface area contributed by atoms with E-state index in [-0.39, 0.29) is 11.6 Å². The first kappa shape index (κ1) is 14.5. The van der Waals surface area contributed by atoms with E-state index in [1.807, 2.05) is 30.3 Å². The van der Waals surface area contributed by atoms with Crippen molar-refractivity contribution in [3.8, 4) is 0 Å². The maximum atomic E-state index is 11.8. The summed E-state index contributed by atoms with van der Waals surface area (Å²) >= 11 is 0. The van der Waals surface area contributed by atoms with Crippen LogP contribution in [0.1, 0.15) is 31.7 Å². The highest BCUT2D eigenvalue weighted by Crippen LogP contribution is 2.47. The molecule has 0 radical (unpaired) electrons. The molecule has 2 aliphatic heterocycles. The van der Waals surface area contributed by atoms with Gasteiger partial charge in [0, 0.05) is 11.6 Å². The predicted octanol–water partition coefficient (Wildman–Crippen LogP) is 2.53. The van der Waals surface area contributed by atoms with Crippen LogP contribution in [0.3, 0.4) is 0 Å². The fraction of sp³-hybridized carbons (Fsp3) is 0.588. The summed E-state index contributed by atoms with van der Waals surface area (Å²) in [6.45, 7) is 2.56. The number of carbonyl (C=O) groups is 1. The molecule has 21 heavy (non-hydrogen) atoms. The smallest absolute Gasteiger partial charge is 0.311 e. The van der Waals surface area contributed by atoms with Crippen molar-refractivity contribution in [2.24, 2.45) is 5.92 Å². The Kier molecular flexibility index (Phi) is 3.76. The van der Waals surface area contributed by atoms with E-state index in [1.54, 1.807) is 0 Å². The number of aliphatic carboxylic acids is 1. The van der Waals surface area contributed by atoms with E-state index in [0.29, 0.717) is 12.6 Å². The minimum absolute atomic E-state index is 0.198. The highest BCUT2D eigenvalue weighted by molar-refractivity contribution is 5.73. The van der Waals surface area contributed by atoms with Gasteiger partial charge in [-0.2, -0.15) is 0 Å². The minimum Gasteiger partial charge on any atom is -0.481 e. The van der Waals surface area contributed by atoms with Gasteiger partial charge in [0.2, 0.25) is 0 Å². The lowest BCUT2D eigenvalue weighted by Gasteiger charge is -2.47. The molecule has 0 spiro atoms. The van der Waals surface area contributed by atoms with Crippen molar-refractivity contribution in [1.82, 2.24) is 4.90 Å². The maximum absolute atomic E-state index is 11.8. The lowest BCUT2D eigenvalue weighted by molar-refractivity contribution is -0.164. The number of carboxylic acid groups (broad SMARTS) is 1. The minimum atomic E-state index is -0.734. The summed E-state index contributed by atoms with van der Waals surface area (Å²) in [7, 11) is 2.06. The van der Waals surface area contributed by atoms with Gasteiger partial charge in [0.1, 0.15) is 5.92 Å². The number of nitrogens with zero attached hydrogens (tertiary/aromatic N) is 1. The number of benzene rings is 1. The zero-order valence-corrected chi connectivity index (χ0v) is 12.7. The molecule has 2 saturated heterocycles. The molecular weight excluding hydrogens is 266 g/mol. The molecular formula is C17H23NO3. The molecule has 2 aliphatic rings. The van der Waals surface area contributed by atoms with Crippen molar-refractivity contribution in [3.63, 3.8) is 0 Å². The second-order valence-corrected chi connectivity index (χ2v) is 6.55. The Balaban J connectivity index is 1.76. The van der Waals surface area contributed by atoms with Crippen LogP contribution in [0, 0.1) is 5.92 Å². The van der Waals surface area contributed by atoms with Gasteiger partial charge in [0.25, 0.3) is 0 Å². The average Bonchev–Trinajstić information content (AvgIpc) is 2.66. The van der Waals surface area contributed by atoms with Crippen molar-refractivity contribution in [2.45, 2.75) is 50.5 Å². The first-order chi connectivity index (χ1) is 10.0. The van der Waals surface area contributed by atoms with E-state index in [4.69, 9.17) is 4.74 Å². The van der Waals surface area contributed by atoms with Gasteiger partial charge in [-0.25, -0.2) is 0 Å². The fourth-order valence-corrected chi connectivity index (χ4v) is 4.07. The summed E-state index contributed by atoms with van der Waals surface area (Å²) in [4.78, 5) is 14.1. The van der Waals surface area contributed by atoms with Crippen LogP contribution >= 0.6 is 0 Å². The summed E-state index contributed by atoms with van der Waals surface area (Å²) in [6.07, 6.45) is 2.63. The van der Waals surface area contributed by atoms with Gasteiger partial charge in [-0.15, -0.1) is 0 Å². The largest absolute Gasteiger partial charge is 0.481 e. The Hall–Kier alpha value is -1.39. The van der Waals surface area contributed by atoms with E-state index >= 15 is 0 Å². The molecule has 3 rings (SSSR count). The normalized spacial score (nSPS) is 35.8. The van der Waals surface area contributed by atoms with E-state index < -0.39 is 11.9 Å². The molecule has 0 unspecified atom stereocenters. The van der Waals surface area contributed by atoms with Crippen molar-refractivity contribution >= 4 is 5.97 Å². The molecule has 2 heterocycles. The summed E-state index contributed by atoms with van der Waals surface area (Å²) < 4.78 is 6.03. The summed E-state index contributed by atoms with van der Waals surface area (Å²) in [5.74, 6) is -1.19. The number of carboxylic acids is 1. The number of rotatable bonds is 4. The average molecular weight is 289 g/mol. The van der Waals surface area contributed by atoms with Gasteiger partial charge in [-0.3, -0.25) is 9.69 Å². The van der Waals surface area contributed by atoms with E-state index in [0.717, 1.165) is 24.8 Å². The Labute approximate surface area is 125 Å². The summed E-state index contributed by atoms with van der Waals surface area (Å²) in [6, 6.07) is 10.4. The monoisotopic (exact) mass is 289 g/mol. The van der Waals surface area contributed by atoms with Crippen LogP contribution in [0.25, 0.3) is 0 Å². The molecule has 1 aromatic carbocycles. The summed E-state index contributed by atoms with van der Waals surface area (Å²) in [5, 5.41) is 9.70. The molecule has 4 nitrogen and oxygen atoms in total. The third kappa shape index (κ3) is 2.47. The number of hydrogen-bond acceptors (Lipinski definition) is 3. The van der Waals surface area contributed by atoms with Crippen LogP contribution in [0.5, 0.6) is 0 Å². The molecule has 1 aromatic rings. The maximum Gasteiger partial charge on any atom is 0.311 e. The Morgan fingerprint density at radius 1 is 1.43 bits per heavy atom. The predicted molar refractivity (Wildman–Crippen MR) is 80.0 cm³/mol. The molecule has 0 aromatic heterocycles. The molecule has 114 valence electrons. The first-order valence-corrected chi connectivity index (χ1v) is 7.63. The topological polar surface area (TPSA) is 49.8 Å². The number of hydrogen-bond donors (Lipinski definition) is 1. The standard InChI is InChI=1S/C17H23NO3/c1-17-9-8-13(18(17)2)10-14(15(17)16(19)20)21-11-12-6-4-3-5-7-12/h3-7,13-15H,8-11H2,1-2H3,(H,19,20)/t13-,14-,15+,17+/m0/s1. The van der Waals surface area contributed by atoms with Crippen molar-refractivity contribution in [3.05, 3.63) is 35.9 Å². The van der Waals surface area contributed by atoms with E-state index in [1.165, 1.54) is 0 Å². The van der Waals surface area contributed by atoms with Gasteiger partial charge in [0.05, 0.1) is 12.7 Å². The van der Waals surface area contributed by atoms with Gasteiger partial charge in [-0.05, 0) is 38.8 Å². The highest BCUT2D eigenvalue weighted by atomic mass is 16.5. The van der Waals surface area contributed by atoms with E-state index in [9.17, 15) is 9.90 Å². The lowest BCUT2D eigenvalue weighted by Crippen LogP contribution is -2.60.